The van der Waals surface area contributed by atoms with E-state index in [1.807, 2.05) is 18.2 Å². The Bertz CT molecular complexity index is 1600. The Balaban J connectivity index is 1.21. The maximum Gasteiger partial charge on any atom is 0.247 e. The summed E-state index contributed by atoms with van der Waals surface area (Å²) in [6.07, 6.45) is 9.81. The van der Waals surface area contributed by atoms with Crippen LogP contribution in [0.3, 0.4) is 0 Å². The molecule has 0 unspecified atom stereocenters. The average Bonchev–Trinajstić information content (AvgIpc) is 3.44. The molecule has 2 aromatic heterocycles. The highest BCUT2D eigenvalue weighted by Gasteiger charge is 2.33. The molecule has 1 fully saturated rings. The van der Waals surface area contributed by atoms with Gasteiger partial charge in [-0.25, -0.2) is 0 Å². The van der Waals surface area contributed by atoms with Crippen molar-refractivity contribution in [1.82, 2.24) is 14.9 Å². The molecular weight excluding hydrogens is 562 g/mol. The van der Waals surface area contributed by atoms with Crippen LogP contribution in [0.15, 0.2) is 59.0 Å². The third kappa shape index (κ3) is 7.06. The van der Waals surface area contributed by atoms with Gasteiger partial charge < -0.3 is 15.2 Å². The first kappa shape index (κ1) is 31.6. The molecule has 45 heavy (non-hydrogen) atoms. The molecule has 7 nitrogen and oxygen atoms in total. The number of nitrogens with zero attached hydrogens (tertiary/aromatic N) is 2. The number of rotatable bonds is 9. The topological polar surface area (TPSA) is 107 Å². The molecule has 0 amide bonds. The lowest BCUT2D eigenvalue weighted by Crippen LogP contribution is -2.50. The van der Waals surface area contributed by atoms with E-state index < -0.39 is 6.10 Å². The Hall–Kier alpha value is -3.39. The Morgan fingerprint density at radius 3 is 2.58 bits per heavy atom. The Morgan fingerprint density at radius 2 is 1.87 bits per heavy atom. The maximum absolute atomic E-state index is 13.9. The number of hydrogen-bond acceptors (Lipinski definition) is 6. The minimum Gasteiger partial charge on any atom is -0.395 e. The second kappa shape index (κ2) is 13.1. The number of aryl methyl sites for hydroxylation is 1. The fraction of sp³-hybridized carbons (Fsp3) is 0.500. The molecule has 0 saturated carbocycles. The van der Waals surface area contributed by atoms with Crippen molar-refractivity contribution in [3.05, 3.63) is 92.7 Å². The van der Waals surface area contributed by atoms with Gasteiger partial charge in [0, 0.05) is 36.4 Å². The van der Waals surface area contributed by atoms with E-state index in [2.05, 4.69) is 54.9 Å². The van der Waals surface area contributed by atoms with Crippen molar-refractivity contribution in [1.29, 1.82) is 0 Å². The number of allylic oxidation sites excluding steroid dienone is 1. The fourth-order valence-corrected chi connectivity index (χ4v) is 7.55. The van der Waals surface area contributed by atoms with Crippen LogP contribution in [0.25, 0.3) is 17.2 Å². The lowest BCUT2D eigenvalue weighted by molar-refractivity contribution is -0.116. The molecular formula is C38H47N3O4. The smallest absolute Gasteiger partial charge is 0.247 e. The van der Waals surface area contributed by atoms with E-state index in [0.29, 0.717) is 31.7 Å². The number of aromatic amines is 1. The zero-order valence-corrected chi connectivity index (χ0v) is 26.9. The number of benzene rings is 1. The molecule has 3 heterocycles. The first-order valence-corrected chi connectivity index (χ1v) is 16.7. The van der Waals surface area contributed by atoms with Crippen LogP contribution in [0.2, 0.25) is 0 Å². The van der Waals surface area contributed by atoms with Gasteiger partial charge in [0.2, 0.25) is 5.56 Å². The predicted molar refractivity (Wildman–Crippen MR) is 178 cm³/mol. The first-order chi connectivity index (χ1) is 21.6. The molecule has 2 aliphatic carbocycles. The standard InChI is InChI=1S/C38H47N3O4/c1-38(2,3)31-11-12-32-29(19-31)17-28-18-30(20-33(28)40-32)36(44)21-26(14-16-41-15-4-5-35(43)34(41)23-42)24-6-8-25(9-7-24)27-10-13-37(45)39-22-27/h6-10,13,17-18,22,26,31,34-35,42-43H,4-5,11-12,14-16,19-21,23H2,1-3H3,(H,39,45)/t26-,31-,34+,35-/m0/s1. The number of hydrogen-bond donors (Lipinski definition) is 3. The number of fused-ring (bicyclic) bond motifs is 2. The van der Waals surface area contributed by atoms with Crippen LogP contribution in [0, 0.1) is 11.3 Å². The second-order valence-electron chi connectivity index (χ2n) is 14.5. The largest absolute Gasteiger partial charge is 0.395 e. The third-order valence-corrected chi connectivity index (χ3v) is 10.5. The van der Waals surface area contributed by atoms with Crippen LogP contribution in [0.5, 0.6) is 0 Å². The van der Waals surface area contributed by atoms with E-state index in [4.69, 9.17) is 4.98 Å². The van der Waals surface area contributed by atoms with Crippen molar-refractivity contribution in [2.75, 3.05) is 19.7 Å². The first-order valence-electron chi connectivity index (χ1n) is 16.7. The normalized spacial score (nSPS) is 22.4. The molecule has 6 rings (SSSR count). The van der Waals surface area contributed by atoms with E-state index in [1.165, 1.54) is 17.3 Å². The molecule has 238 valence electrons. The van der Waals surface area contributed by atoms with Crippen molar-refractivity contribution >= 4 is 11.9 Å². The van der Waals surface area contributed by atoms with Gasteiger partial charge in [0.1, 0.15) is 0 Å². The van der Waals surface area contributed by atoms with Gasteiger partial charge in [0.05, 0.1) is 24.4 Å². The van der Waals surface area contributed by atoms with Gasteiger partial charge >= 0.3 is 0 Å². The number of H-pyrrole nitrogens is 1. The summed E-state index contributed by atoms with van der Waals surface area (Å²) in [5.74, 6) is 0.781. The molecule has 1 aliphatic heterocycles. The summed E-state index contributed by atoms with van der Waals surface area (Å²) in [6.45, 7) is 8.43. The molecule has 3 aromatic rings. The Kier molecular flexibility index (Phi) is 9.23. The number of piperidine rings is 1. The predicted octanol–water partition coefficient (Wildman–Crippen LogP) is 5.48. The van der Waals surface area contributed by atoms with Gasteiger partial charge in [0.15, 0.2) is 5.78 Å². The second-order valence-corrected chi connectivity index (χ2v) is 14.5. The van der Waals surface area contributed by atoms with Crippen LogP contribution in [-0.2, 0) is 24.1 Å². The van der Waals surface area contributed by atoms with Crippen LogP contribution in [0.4, 0.5) is 0 Å². The minimum absolute atomic E-state index is 0.0149. The van der Waals surface area contributed by atoms with E-state index in [-0.39, 0.29) is 35.3 Å². The summed E-state index contributed by atoms with van der Waals surface area (Å²) in [7, 11) is 0. The van der Waals surface area contributed by atoms with E-state index in [0.717, 1.165) is 72.2 Å². The summed E-state index contributed by atoms with van der Waals surface area (Å²) in [5, 5.41) is 20.5. The summed E-state index contributed by atoms with van der Waals surface area (Å²) in [4.78, 5) is 35.4. The summed E-state index contributed by atoms with van der Waals surface area (Å²) in [6, 6.07) is 13.6. The summed E-state index contributed by atoms with van der Waals surface area (Å²) in [5.41, 5.74) is 8.66. The van der Waals surface area contributed by atoms with Crippen LogP contribution in [-0.4, -0.2) is 62.7 Å². The SMILES string of the molecule is CC(C)(C)[C@H]1CCc2nc3c(cc2C1)C=C(C(=O)C[C@H](CCN1CCC[C@H](O)[C@H]1CO)c1ccc(-c2ccc(=O)[nH]c2)cc1)C3. The van der Waals surface area contributed by atoms with Crippen LogP contribution < -0.4 is 5.56 Å². The number of Topliss-reactive ketones (excluding diaryl/α,β-unsaturated/α-hetero) is 1. The molecule has 1 aromatic carbocycles. The van der Waals surface area contributed by atoms with Crippen molar-refractivity contribution in [2.24, 2.45) is 11.3 Å². The van der Waals surface area contributed by atoms with Gasteiger partial charge in [-0.1, -0.05) is 45.0 Å². The number of carbonyl (C=O) groups is 1. The number of ketones is 1. The van der Waals surface area contributed by atoms with Gasteiger partial charge in [0.25, 0.3) is 0 Å². The number of carbonyl (C=O) groups excluding carboxylic acids is 1. The highest BCUT2D eigenvalue weighted by atomic mass is 16.3. The monoisotopic (exact) mass is 609 g/mol. The highest BCUT2D eigenvalue weighted by molar-refractivity contribution is 6.02. The number of pyridine rings is 2. The number of aliphatic hydroxyl groups is 2. The van der Waals surface area contributed by atoms with E-state index in [1.54, 1.807) is 6.20 Å². The van der Waals surface area contributed by atoms with Crippen molar-refractivity contribution in [3.8, 4) is 11.1 Å². The molecule has 3 N–H and O–H groups in total. The quantitative estimate of drug-likeness (QED) is 0.297. The Morgan fingerprint density at radius 1 is 1.09 bits per heavy atom. The van der Waals surface area contributed by atoms with Crippen LogP contribution >= 0.6 is 0 Å². The molecule has 0 radical (unpaired) electrons. The molecule has 3 aliphatic rings. The molecule has 0 spiro atoms. The summed E-state index contributed by atoms with van der Waals surface area (Å²) >= 11 is 0. The maximum atomic E-state index is 13.9. The van der Waals surface area contributed by atoms with Crippen LogP contribution in [0.1, 0.15) is 86.9 Å². The molecule has 7 heteroatoms. The number of likely N-dealkylation sites (tertiary alicyclic amines) is 1. The molecule has 1 saturated heterocycles. The van der Waals surface area contributed by atoms with Crippen molar-refractivity contribution in [2.45, 2.75) is 90.2 Å². The minimum atomic E-state index is -0.528. The average molecular weight is 610 g/mol. The fourth-order valence-electron chi connectivity index (χ4n) is 7.55. The number of nitrogens with one attached hydrogen (secondary N) is 1. The third-order valence-electron chi connectivity index (χ3n) is 10.5. The number of aliphatic hydroxyl groups excluding tert-OH is 2. The zero-order valence-electron chi connectivity index (χ0n) is 26.9. The van der Waals surface area contributed by atoms with Gasteiger partial charge in [-0.15, -0.1) is 0 Å². The van der Waals surface area contributed by atoms with Crippen molar-refractivity contribution in [3.63, 3.8) is 0 Å². The number of aromatic nitrogens is 2. The van der Waals surface area contributed by atoms with Gasteiger partial charge in [-0.05, 0) is 115 Å². The Labute approximate surface area is 266 Å². The molecule has 0 bridgehead atoms. The zero-order chi connectivity index (χ0) is 31.7. The van der Waals surface area contributed by atoms with E-state index in [9.17, 15) is 19.8 Å². The summed E-state index contributed by atoms with van der Waals surface area (Å²) < 4.78 is 0. The molecule has 4 atom stereocenters. The van der Waals surface area contributed by atoms with E-state index >= 15 is 0 Å². The van der Waals surface area contributed by atoms with Gasteiger partial charge in [-0.3, -0.25) is 19.5 Å². The van der Waals surface area contributed by atoms with Gasteiger partial charge in [-0.2, -0.15) is 0 Å². The lowest BCUT2D eigenvalue weighted by atomic mass is 9.71. The van der Waals surface area contributed by atoms with Crippen molar-refractivity contribution < 1.29 is 15.0 Å². The highest BCUT2D eigenvalue weighted by Crippen LogP contribution is 2.39. The lowest BCUT2D eigenvalue weighted by Gasteiger charge is -2.38.